The Balaban J connectivity index is 1.41. The molecular formula is C20H15N3O2S3. The van der Waals surface area contributed by atoms with E-state index in [0.29, 0.717) is 14.9 Å². The van der Waals surface area contributed by atoms with Crippen molar-refractivity contribution in [2.24, 2.45) is 0 Å². The van der Waals surface area contributed by atoms with Crippen molar-refractivity contribution >= 4 is 74.1 Å². The molecule has 0 saturated carbocycles. The quantitative estimate of drug-likeness (QED) is 0.481. The Morgan fingerprint density at radius 3 is 2.89 bits per heavy atom. The van der Waals surface area contributed by atoms with Crippen LogP contribution in [0.15, 0.2) is 58.9 Å². The highest BCUT2D eigenvalue weighted by Crippen LogP contribution is 2.33. The lowest BCUT2D eigenvalue weighted by atomic mass is 10.2. The maximum atomic E-state index is 12.6. The number of para-hydroxylation sites is 1. The second kappa shape index (κ2) is 8.22. The molecule has 0 bridgehead atoms. The number of amides is 2. The van der Waals surface area contributed by atoms with Gasteiger partial charge >= 0.3 is 0 Å². The third kappa shape index (κ3) is 3.99. The fraction of sp³-hybridized carbons (Fsp3) is 0.100. The summed E-state index contributed by atoms with van der Waals surface area (Å²) in [7, 11) is 0. The standard InChI is InChI=1S/C20H15N3O2S3/c24-17(22-15-7-1-4-13-5-2-9-21-18(13)15)8-10-23-19(25)16(28-20(23)26)12-14-6-3-11-27-14/h1-7,9,11-12H,8,10H2,(H,22,24)/b16-12-. The van der Waals surface area contributed by atoms with Gasteiger partial charge in [0.2, 0.25) is 5.91 Å². The number of aromatic nitrogens is 1. The number of carbonyl (C=O) groups excluding carboxylic acids is 2. The molecule has 1 fully saturated rings. The third-order valence-corrected chi connectivity index (χ3v) is 6.36. The van der Waals surface area contributed by atoms with Crippen LogP contribution in [-0.4, -0.2) is 32.6 Å². The minimum Gasteiger partial charge on any atom is -0.324 e. The van der Waals surface area contributed by atoms with Crippen molar-refractivity contribution in [2.75, 3.05) is 11.9 Å². The van der Waals surface area contributed by atoms with E-state index in [9.17, 15) is 9.59 Å². The number of carbonyl (C=O) groups is 2. The minimum atomic E-state index is -0.186. The molecule has 3 heterocycles. The predicted molar refractivity (Wildman–Crippen MR) is 119 cm³/mol. The maximum absolute atomic E-state index is 12.6. The van der Waals surface area contributed by atoms with Crippen LogP contribution in [-0.2, 0) is 9.59 Å². The Morgan fingerprint density at radius 2 is 2.07 bits per heavy atom. The van der Waals surface area contributed by atoms with Gasteiger partial charge < -0.3 is 5.32 Å². The Kier molecular flexibility index (Phi) is 5.52. The second-order valence-electron chi connectivity index (χ2n) is 6.03. The highest BCUT2D eigenvalue weighted by Gasteiger charge is 2.32. The summed E-state index contributed by atoms with van der Waals surface area (Å²) in [5, 5.41) is 5.80. The molecule has 8 heteroatoms. The molecule has 1 N–H and O–H groups in total. The summed E-state index contributed by atoms with van der Waals surface area (Å²) in [6, 6.07) is 13.3. The van der Waals surface area contributed by atoms with Crippen molar-refractivity contribution in [2.45, 2.75) is 6.42 Å². The predicted octanol–water partition coefficient (Wildman–Crippen LogP) is 4.53. The van der Waals surface area contributed by atoms with Gasteiger partial charge in [-0.25, -0.2) is 0 Å². The van der Waals surface area contributed by atoms with Crippen LogP contribution in [0.2, 0.25) is 0 Å². The zero-order chi connectivity index (χ0) is 19.5. The molecule has 28 heavy (non-hydrogen) atoms. The number of rotatable bonds is 5. The van der Waals surface area contributed by atoms with Gasteiger partial charge in [-0.05, 0) is 29.7 Å². The molecule has 4 rings (SSSR count). The molecular weight excluding hydrogens is 410 g/mol. The zero-order valence-electron chi connectivity index (χ0n) is 14.6. The molecule has 0 aliphatic carbocycles. The molecule has 1 aliphatic rings. The van der Waals surface area contributed by atoms with Crippen molar-refractivity contribution in [1.29, 1.82) is 0 Å². The normalized spacial score (nSPS) is 15.6. The van der Waals surface area contributed by atoms with Crippen LogP contribution in [0, 0.1) is 0 Å². The zero-order valence-corrected chi connectivity index (χ0v) is 17.1. The van der Waals surface area contributed by atoms with E-state index >= 15 is 0 Å². The number of thiophene rings is 1. The fourth-order valence-corrected chi connectivity index (χ4v) is 4.86. The van der Waals surface area contributed by atoms with Crippen molar-refractivity contribution in [3.05, 3.63) is 63.8 Å². The van der Waals surface area contributed by atoms with E-state index in [1.807, 2.05) is 53.9 Å². The van der Waals surface area contributed by atoms with E-state index in [-0.39, 0.29) is 24.8 Å². The van der Waals surface area contributed by atoms with Gasteiger partial charge in [-0.1, -0.05) is 48.2 Å². The molecule has 0 unspecified atom stereocenters. The Bertz CT molecular complexity index is 1090. The van der Waals surface area contributed by atoms with E-state index in [4.69, 9.17) is 12.2 Å². The summed E-state index contributed by atoms with van der Waals surface area (Å²) in [5.74, 6) is -0.336. The van der Waals surface area contributed by atoms with Crippen LogP contribution in [0.25, 0.3) is 17.0 Å². The van der Waals surface area contributed by atoms with Crippen LogP contribution in [0.1, 0.15) is 11.3 Å². The fourth-order valence-electron chi connectivity index (χ4n) is 2.83. The van der Waals surface area contributed by atoms with Crippen molar-refractivity contribution < 1.29 is 9.59 Å². The van der Waals surface area contributed by atoms with Crippen LogP contribution in [0.4, 0.5) is 5.69 Å². The monoisotopic (exact) mass is 425 g/mol. The van der Waals surface area contributed by atoms with Gasteiger partial charge in [0.05, 0.1) is 16.1 Å². The molecule has 0 radical (unpaired) electrons. The summed E-state index contributed by atoms with van der Waals surface area (Å²) >= 11 is 8.16. The van der Waals surface area contributed by atoms with Crippen LogP contribution in [0.5, 0.6) is 0 Å². The number of thiocarbonyl (C=S) groups is 1. The maximum Gasteiger partial charge on any atom is 0.266 e. The van der Waals surface area contributed by atoms with Gasteiger partial charge in [-0.15, -0.1) is 11.3 Å². The SMILES string of the molecule is O=C(CCN1C(=O)/C(=C/c2cccs2)SC1=S)Nc1cccc2cccnc12. The molecule has 1 saturated heterocycles. The van der Waals surface area contributed by atoms with Gasteiger partial charge in [0.25, 0.3) is 5.91 Å². The van der Waals surface area contributed by atoms with E-state index in [0.717, 1.165) is 15.8 Å². The van der Waals surface area contributed by atoms with E-state index in [2.05, 4.69) is 10.3 Å². The highest BCUT2D eigenvalue weighted by atomic mass is 32.2. The number of nitrogens with one attached hydrogen (secondary N) is 1. The average Bonchev–Trinajstić information content (AvgIpc) is 3.29. The average molecular weight is 426 g/mol. The van der Waals surface area contributed by atoms with E-state index in [1.54, 1.807) is 17.5 Å². The third-order valence-electron chi connectivity index (χ3n) is 4.16. The number of benzene rings is 1. The Labute approximate surface area is 175 Å². The Hall–Kier alpha value is -2.55. The molecule has 0 spiro atoms. The van der Waals surface area contributed by atoms with E-state index < -0.39 is 0 Å². The second-order valence-corrected chi connectivity index (χ2v) is 8.68. The number of fused-ring (bicyclic) bond motifs is 1. The summed E-state index contributed by atoms with van der Waals surface area (Å²) in [5.41, 5.74) is 1.40. The first-order valence-corrected chi connectivity index (χ1v) is 10.6. The van der Waals surface area contributed by atoms with Gasteiger partial charge in [-0.3, -0.25) is 19.5 Å². The summed E-state index contributed by atoms with van der Waals surface area (Å²) in [6.45, 7) is 0.247. The lowest BCUT2D eigenvalue weighted by Crippen LogP contribution is -2.31. The van der Waals surface area contributed by atoms with Crippen LogP contribution < -0.4 is 5.32 Å². The topological polar surface area (TPSA) is 62.3 Å². The van der Waals surface area contributed by atoms with Crippen molar-refractivity contribution in [3.8, 4) is 0 Å². The number of thioether (sulfide) groups is 1. The smallest absolute Gasteiger partial charge is 0.266 e. The van der Waals surface area contributed by atoms with Gasteiger partial charge in [0.1, 0.15) is 4.32 Å². The van der Waals surface area contributed by atoms with Gasteiger partial charge in [0, 0.05) is 29.4 Å². The molecule has 3 aromatic rings. The lowest BCUT2D eigenvalue weighted by Gasteiger charge is -2.14. The molecule has 1 aromatic carbocycles. The first-order valence-electron chi connectivity index (χ1n) is 8.54. The van der Waals surface area contributed by atoms with Gasteiger partial charge in [0.15, 0.2) is 0 Å². The number of hydrogen-bond acceptors (Lipinski definition) is 6. The number of nitrogens with zero attached hydrogens (tertiary/aromatic N) is 2. The molecule has 5 nitrogen and oxygen atoms in total. The molecule has 1 aliphatic heterocycles. The van der Waals surface area contributed by atoms with Crippen LogP contribution >= 0.6 is 35.3 Å². The summed E-state index contributed by atoms with van der Waals surface area (Å²) in [4.78, 5) is 32.4. The molecule has 140 valence electrons. The van der Waals surface area contributed by atoms with E-state index in [1.165, 1.54) is 16.7 Å². The summed E-state index contributed by atoms with van der Waals surface area (Å²) in [6.07, 6.45) is 3.69. The molecule has 0 atom stereocenters. The molecule has 2 amide bonds. The minimum absolute atomic E-state index is 0.150. The first-order chi connectivity index (χ1) is 13.6. The highest BCUT2D eigenvalue weighted by molar-refractivity contribution is 8.26. The van der Waals surface area contributed by atoms with Gasteiger partial charge in [-0.2, -0.15) is 0 Å². The first kappa shape index (κ1) is 18.8. The van der Waals surface area contributed by atoms with Crippen molar-refractivity contribution in [3.63, 3.8) is 0 Å². The summed E-state index contributed by atoms with van der Waals surface area (Å²) < 4.78 is 0.479. The van der Waals surface area contributed by atoms with Crippen LogP contribution in [0.3, 0.4) is 0 Å². The number of anilines is 1. The molecule has 2 aromatic heterocycles. The van der Waals surface area contributed by atoms with Crippen molar-refractivity contribution in [1.82, 2.24) is 9.88 Å². The largest absolute Gasteiger partial charge is 0.324 e. The number of hydrogen-bond donors (Lipinski definition) is 1. The number of pyridine rings is 1. The lowest BCUT2D eigenvalue weighted by molar-refractivity contribution is -0.122. The Morgan fingerprint density at radius 1 is 1.21 bits per heavy atom.